The highest BCUT2D eigenvalue weighted by Crippen LogP contribution is 2.45. The molecule has 0 rings (SSSR count). The molecule has 0 amide bonds. The molecule has 516 valence electrons. The van der Waals surface area contributed by atoms with Crippen LogP contribution in [0.3, 0.4) is 0 Å². The number of aliphatic hydroxyl groups excluding tert-OH is 1. The summed E-state index contributed by atoms with van der Waals surface area (Å²) in [5.41, 5.74) is 0. The summed E-state index contributed by atoms with van der Waals surface area (Å²) >= 11 is 0. The Hall–Kier alpha value is -1.94. The monoisotopic (exact) mass is 1280 g/mol. The number of hydrogen-bond donors (Lipinski definition) is 3. The number of carbonyl (C=O) groups excluding carboxylic acids is 4. The molecule has 0 saturated carbocycles. The summed E-state index contributed by atoms with van der Waals surface area (Å²) in [6.07, 6.45) is 39.2. The first-order valence-electron chi connectivity index (χ1n) is 35.2. The van der Waals surface area contributed by atoms with Gasteiger partial charge in [-0.25, -0.2) is 9.13 Å². The fourth-order valence-electron chi connectivity index (χ4n) is 10.1. The largest absolute Gasteiger partial charge is 0.472 e. The van der Waals surface area contributed by atoms with Crippen LogP contribution in [0.4, 0.5) is 0 Å². The second-order valence-electron chi connectivity index (χ2n) is 26.2. The van der Waals surface area contributed by atoms with Gasteiger partial charge < -0.3 is 33.8 Å². The predicted molar refractivity (Wildman–Crippen MR) is 349 cm³/mol. The van der Waals surface area contributed by atoms with Crippen molar-refractivity contribution in [2.75, 3.05) is 39.6 Å². The van der Waals surface area contributed by atoms with Gasteiger partial charge in [-0.1, -0.05) is 280 Å². The first-order chi connectivity index (χ1) is 41.6. The van der Waals surface area contributed by atoms with E-state index in [0.29, 0.717) is 31.6 Å². The fraction of sp³-hybridized carbons (Fsp3) is 0.941. The Balaban J connectivity index is 5.23. The molecule has 0 aliphatic carbocycles. The average Bonchev–Trinajstić information content (AvgIpc) is 3.49. The molecule has 3 unspecified atom stereocenters. The van der Waals surface area contributed by atoms with E-state index in [1.807, 2.05) is 0 Å². The molecule has 0 aromatic carbocycles. The lowest BCUT2D eigenvalue weighted by Gasteiger charge is -2.21. The maximum absolute atomic E-state index is 13.0. The number of unbranched alkanes of at least 4 members (excludes halogenated alkanes) is 30. The summed E-state index contributed by atoms with van der Waals surface area (Å²) < 4.78 is 68.1. The third-order valence-corrected chi connectivity index (χ3v) is 17.8. The number of rotatable bonds is 65. The first-order valence-corrected chi connectivity index (χ1v) is 38.2. The van der Waals surface area contributed by atoms with Crippen molar-refractivity contribution < 1.29 is 80.2 Å². The van der Waals surface area contributed by atoms with Crippen LogP contribution < -0.4 is 0 Å². The van der Waals surface area contributed by atoms with Gasteiger partial charge in [0.1, 0.15) is 19.3 Å². The van der Waals surface area contributed by atoms with E-state index in [2.05, 4.69) is 55.4 Å². The quantitative estimate of drug-likeness (QED) is 0.0222. The third-order valence-electron chi connectivity index (χ3n) is 15.9. The topological polar surface area (TPSA) is 237 Å². The Morgan fingerprint density at radius 3 is 0.816 bits per heavy atom. The summed E-state index contributed by atoms with van der Waals surface area (Å²) in [6.45, 7) is 14.0. The van der Waals surface area contributed by atoms with Crippen LogP contribution >= 0.6 is 15.6 Å². The zero-order valence-electron chi connectivity index (χ0n) is 56.6. The normalized spacial score (nSPS) is 14.6. The Morgan fingerprint density at radius 1 is 0.322 bits per heavy atom. The highest BCUT2D eigenvalue weighted by Gasteiger charge is 2.30. The highest BCUT2D eigenvalue weighted by molar-refractivity contribution is 7.47. The number of phosphoric ester groups is 2. The molecule has 0 aromatic heterocycles. The Bertz CT molecular complexity index is 1730. The first kappa shape index (κ1) is 85.1. The van der Waals surface area contributed by atoms with Gasteiger partial charge in [0.15, 0.2) is 12.2 Å². The van der Waals surface area contributed by atoms with Crippen molar-refractivity contribution in [2.24, 2.45) is 23.7 Å². The van der Waals surface area contributed by atoms with Crippen molar-refractivity contribution in [3.8, 4) is 0 Å². The van der Waals surface area contributed by atoms with Gasteiger partial charge in [-0.2, -0.15) is 0 Å². The molecular weight excluding hydrogens is 1150 g/mol. The molecule has 0 bridgehead atoms. The summed E-state index contributed by atoms with van der Waals surface area (Å²) in [4.78, 5) is 72.4. The summed E-state index contributed by atoms with van der Waals surface area (Å²) in [5, 5.41) is 10.6. The van der Waals surface area contributed by atoms with Crippen molar-refractivity contribution in [1.29, 1.82) is 0 Å². The van der Waals surface area contributed by atoms with Gasteiger partial charge in [0, 0.05) is 25.7 Å². The number of carbonyl (C=O) groups is 4. The summed E-state index contributed by atoms with van der Waals surface area (Å²) in [5.74, 6) is 0.790. The average molecular weight is 1280 g/mol. The Labute approximate surface area is 530 Å². The second kappa shape index (κ2) is 57.9. The van der Waals surface area contributed by atoms with Gasteiger partial charge in [-0.3, -0.25) is 37.3 Å². The minimum absolute atomic E-state index is 0.101. The van der Waals surface area contributed by atoms with Crippen molar-refractivity contribution in [3.05, 3.63) is 0 Å². The van der Waals surface area contributed by atoms with Crippen LogP contribution in [-0.4, -0.2) is 96.7 Å². The molecule has 0 aliphatic rings. The van der Waals surface area contributed by atoms with Crippen LogP contribution in [0.2, 0.25) is 0 Å². The van der Waals surface area contributed by atoms with Crippen LogP contribution in [0.5, 0.6) is 0 Å². The molecule has 19 heteroatoms. The smallest absolute Gasteiger partial charge is 0.462 e. The highest BCUT2D eigenvalue weighted by atomic mass is 31.2. The zero-order valence-corrected chi connectivity index (χ0v) is 58.4. The van der Waals surface area contributed by atoms with Crippen LogP contribution in [0.25, 0.3) is 0 Å². The van der Waals surface area contributed by atoms with Crippen molar-refractivity contribution in [2.45, 2.75) is 350 Å². The van der Waals surface area contributed by atoms with Gasteiger partial charge in [0.05, 0.1) is 26.4 Å². The minimum Gasteiger partial charge on any atom is -0.462 e. The summed E-state index contributed by atoms with van der Waals surface area (Å²) in [7, 11) is -9.90. The molecule has 0 fully saturated rings. The molecular formula is C68H132O17P2. The van der Waals surface area contributed by atoms with Gasteiger partial charge in [0.25, 0.3) is 0 Å². The fourth-order valence-corrected chi connectivity index (χ4v) is 11.7. The summed E-state index contributed by atoms with van der Waals surface area (Å²) in [6, 6.07) is 0. The SMILES string of the molecule is CCC(C)CCCCCCCCC(=O)O[C@H](COC(=O)CCCCCCCCC(C)C)COP(=O)(O)OC[C@H](O)COP(=O)(O)OC[C@@H](COC(=O)CCCCCCCCCCCCCCCC(C)C)OC(=O)CCCCCCCCCCCC(C)C. The predicted octanol–water partition coefficient (Wildman–Crippen LogP) is 18.9. The van der Waals surface area contributed by atoms with Gasteiger partial charge in [0.2, 0.25) is 0 Å². The Kier molecular flexibility index (Phi) is 56.6. The van der Waals surface area contributed by atoms with E-state index in [4.69, 9.17) is 37.0 Å². The zero-order chi connectivity index (χ0) is 64.7. The lowest BCUT2D eigenvalue weighted by atomic mass is 10.00. The standard InChI is InChI=1S/C68H132O17P2/c1-9-61(8)47-39-31-25-27-35-43-51-68(73)85-64(55-79-66(71)49-41-33-26-24-30-38-46-60(6)7)57-83-87(76,77)81-53-62(69)52-80-86(74,75)82-56-63(84-67(72)50-42-34-23-19-15-17-21-29-37-45-59(4)5)54-78-65(70)48-40-32-22-18-14-12-10-11-13-16-20-28-36-44-58(2)3/h58-64,69H,9-57H2,1-8H3,(H,74,75)(H,76,77)/t61?,62-,63-,64-/m1/s1. The van der Waals surface area contributed by atoms with Crippen LogP contribution in [0, 0.1) is 23.7 Å². The molecule has 0 spiro atoms. The molecule has 0 saturated heterocycles. The minimum atomic E-state index is -4.95. The number of hydrogen-bond acceptors (Lipinski definition) is 15. The van der Waals surface area contributed by atoms with E-state index in [9.17, 15) is 43.2 Å². The van der Waals surface area contributed by atoms with E-state index in [1.54, 1.807) is 0 Å². The van der Waals surface area contributed by atoms with E-state index >= 15 is 0 Å². The van der Waals surface area contributed by atoms with Crippen LogP contribution in [0.15, 0.2) is 0 Å². The molecule has 0 heterocycles. The number of ether oxygens (including phenoxy) is 4. The molecule has 0 aliphatic heterocycles. The van der Waals surface area contributed by atoms with E-state index in [-0.39, 0.29) is 25.7 Å². The van der Waals surface area contributed by atoms with Crippen LogP contribution in [-0.2, 0) is 65.4 Å². The number of aliphatic hydroxyl groups is 1. The van der Waals surface area contributed by atoms with E-state index in [1.165, 1.54) is 128 Å². The van der Waals surface area contributed by atoms with E-state index < -0.39 is 97.5 Å². The van der Waals surface area contributed by atoms with Crippen LogP contribution in [0.1, 0.15) is 331 Å². The lowest BCUT2D eigenvalue weighted by Crippen LogP contribution is -2.30. The molecule has 3 N–H and O–H groups in total. The third kappa shape index (κ3) is 61.3. The molecule has 6 atom stereocenters. The van der Waals surface area contributed by atoms with Crippen molar-refractivity contribution in [1.82, 2.24) is 0 Å². The van der Waals surface area contributed by atoms with Gasteiger partial charge in [-0.15, -0.1) is 0 Å². The molecule has 0 aromatic rings. The lowest BCUT2D eigenvalue weighted by molar-refractivity contribution is -0.161. The van der Waals surface area contributed by atoms with Gasteiger partial charge >= 0.3 is 39.5 Å². The van der Waals surface area contributed by atoms with Crippen molar-refractivity contribution >= 4 is 39.5 Å². The van der Waals surface area contributed by atoms with E-state index in [0.717, 1.165) is 114 Å². The number of esters is 4. The van der Waals surface area contributed by atoms with Gasteiger partial charge in [-0.05, 0) is 49.4 Å². The molecule has 87 heavy (non-hydrogen) atoms. The molecule has 17 nitrogen and oxygen atoms in total. The van der Waals surface area contributed by atoms with Crippen molar-refractivity contribution in [3.63, 3.8) is 0 Å². The number of phosphoric acid groups is 2. The maximum Gasteiger partial charge on any atom is 0.472 e. The molecule has 0 radical (unpaired) electrons. The Morgan fingerprint density at radius 2 is 0.552 bits per heavy atom. The second-order valence-corrected chi connectivity index (χ2v) is 29.1. The maximum atomic E-state index is 13.0.